The lowest BCUT2D eigenvalue weighted by molar-refractivity contribution is 0.241. The van der Waals surface area contributed by atoms with Crippen molar-refractivity contribution in [2.75, 3.05) is 19.5 Å². The summed E-state index contributed by atoms with van der Waals surface area (Å²) in [4.78, 5) is 12.1. The number of urea groups is 1. The number of carbonyl (C=O) groups is 1. The second kappa shape index (κ2) is 6.60. The van der Waals surface area contributed by atoms with Crippen LogP contribution in [0.2, 0.25) is 0 Å². The summed E-state index contributed by atoms with van der Waals surface area (Å²) >= 11 is 0. The minimum atomic E-state index is -0.623. The molecule has 0 aliphatic rings. The Morgan fingerprint density at radius 3 is 2.43 bits per heavy atom. The quantitative estimate of drug-likeness (QED) is 0.884. The van der Waals surface area contributed by atoms with Gasteiger partial charge in [-0.05, 0) is 38.5 Å². The molecule has 0 radical (unpaired) electrons. The zero-order valence-electron chi connectivity index (χ0n) is 13.9. The molecule has 0 fully saturated rings. The third kappa shape index (κ3) is 3.94. The van der Waals surface area contributed by atoms with Gasteiger partial charge in [0.1, 0.15) is 5.76 Å². The number of aryl methyl sites for hydroxylation is 1. The molecule has 124 valence electrons. The van der Waals surface area contributed by atoms with E-state index in [0.29, 0.717) is 23.1 Å². The zero-order valence-corrected chi connectivity index (χ0v) is 13.9. The first kappa shape index (κ1) is 16.7. The van der Waals surface area contributed by atoms with Gasteiger partial charge in [-0.3, -0.25) is 5.32 Å². The molecule has 1 aromatic carbocycles. The van der Waals surface area contributed by atoms with Crippen molar-refractivity contribution in [3.05, 3.63) is 35.6 Å². The van der Waals surface area contributed by atoms with Crippen LogP contribution in [-0.2, 0) is 5.54 Å². The van der Waals surface area contributed by atoms with Crippen LogP contribution in [-0.4, -0.2) is 25.4 Å². The second-order valence-corrected chi connectivity index (χ2v) is 5.60. The molecule has 23 heavy (non-hydrogen) atoms. The lowest BCUT2D eigenvalue weighted by Crippen LogP contribution is -2.43. The predicted molar refractivity (Wildman–Crippen MR) is 86.0 cm³/mol. The van der Waals surface area contributed by atoms with Crippen molar-refractivity contribution < 1.29 is 18.8 Å². The molecule has 0 aliphatic heterocycles. The first-order valence-corrected chi connectivity index (χ1v) is 7.10. The van der Waals surface area contributed by atoms with E-state index in [4.69, 9.17) is 14.0 Å². The van der Waals surface area contributed by atoms with Gasteiger partial charge in [-0.1, -0.05) is 11.2 Å². The van der Waals surface area contributed by atoms with E-state index in [2.05, 4.69) is 15.8 Å². The molecule has 2 N–H and O–H groups in total. The molecule has 0 aliphatic carbocycles. The zero-order chi connectivity index (χ0) is 17.0. The highest BCUT2D eigenvalue weighted by Gasteiger charge is 2.24. The number of rotatable bonds is 5. The number of amides is 2. The Morgan fingerprint density at radius 2 is 1.87 bits per heavy atom. The van der Waals surface area contributed by atoms with Crippen molar-refractivity contribution in [3.8, 4) is 11.5 Å². The first-order valence-electron chi connectivity index (χ1n) is 7.10. The van der Waals surface area contributed by atoms with Gasteiger partial charge in [-0.15, -0.1) is 0 Å². The van der Waals surface area contributed by atoms with Crippen molar-refractivity contribution in [3.63, 3.8) is 0 Å². The standard InChI is InChI=1S/C16H21N3O4/c1-10-8-14(19-23-10)17-15(20)18-16(2,3)11-6-7-12(21-4)13(9-11)22-5/h6-9H,1-5H3,(H2,17,18,19,20). The van der Waals surface area contributed by atoms with Gasteiger partial charge in [-0.25, -0.2) is 4.79 Å². The van der Waals surface area contributed by atoms with E-state index in [9.17, 15) is 4.79 Å². The van der Waals surface area contributed by atoms with E-state index >= 15 is 0 Å². The average molecular weight is 319 g/mol. The maximum Gasteiger partial charge on any atom is 0.321 e. The van der Waals surface area contributed by atoms with Crippen LogP contribution >= 0.6 is 0 Å². The maximum atomic E-state index is 12.1. The molecule has 0 saturated carbocycles. The van der Waals surface area contributed by atoms with Crippen molar-refractivity contribution in [2.24, 2.45) is 0 Å². The lowest BCUT2D eigenvalue weighted by atomic mass is 9.94. The van der Waals surface area contributed by atoms with E-state index in [-0.39, 0.29) is 6.03 Å². The Morgan fingerprint density at radius 1 is 1.17 bits per heavy atom. The summed E-state index contributed by atoms with van der Waals surface area (Å²) in [6, 6.07) is 6.78. The van der Waals surface area contributed by atoms with Gasteiger partial charge in [0.2, 0.25) is 0 Å². The number of nitrogens with one attached hydrogen (secondary N) is 2. The van der Waals surface area contributed by atoms with E-state index in [1.165, 1.54) is 0 Å². The van der Waals surface area contributed by atoms with Gasteiger partial charge >= 0.3 is 6.03 Å². The van der Waals surface area contributed by atoms with Crippen molar-refractivity contribution in [1.29, 1.82) is 0 Å². The van der Waals surface area contributed by atoms with Crippen LogP contribution in [0.5, 0.6) is 11.5 Å². The first-order chi connectivity index (χ1) is 10.9. The number of ether oxygens (including phenoxy) is 2. The fourth-order valence-electron chi connectivity index (χ4n) is 2.15. The fourth-order valence-corrected chi connectivity index (χ4v) is 2.15. The minimum Gasteiger partial charge on any atom is -0.493 e. The normalized spacial score (nSPS) is 11.0. The van der Waals surface area contributed by atoms with Gasteiger partial charge in [-0.2, -0.15) is 0 Å². The number of aromatic nitrogens is 1. The van der Waals surface area contributed by atoms with Crippen molar-refractivity contribution >= 4 is 11.8 Å². The van der Waals surface area contributed by atoms with Crippen LogP contribution in [0.3, 0.4) is 0 Å². The third-order valence-corrected chi connectivity index (χ3v) is 3.40. The molecule has 0 bridgehead atoms. The molecule has 0 spiro atoms. The molecule has 1 aromatic heterocycles. The SMILES string of the molecule is COc1ccc(C(C)(C)NC(=O)Nc2cc(C)on2)cc1OC. The van der Waals surface area contributed by atoms with Crippen molar-refractivity contribution in [1.82, 2.24) is 10.5 Å². The highest BCUT2D eigenvalue weighted by molar-refractivity contribution is 5.88. The number of carbonyl (C=O) groups excluding carboxylic acids is 1. The van der Waals surface area contributed by atoms with Gasteiger partial charge < -0.3 is 19.3 Å². The third-order valence-electron chi connectivity index (χ3n) is 3.40. The van der Waals surface area contributed by atoms with Crippen LogP contribution in [0.4, 0.5) is 10.6 Å². The van der Waals surface area contributed by atoms with Gasteiger partial charge in [0.05, 0.1) is 19.8 Å². The van der Waals surface area contributed by atoms with E-state index in [1.807, 2.05) is 26.0 Å². The number of nitrogens with zero attached hydrogens (tertiary/aromatic N) is 1. The summed E-state index contributed by atoms with van der Waals surface area (Å²) in [6.45, 7) is 5.54. The van der Waals surface area contributed by atoms with Crippen LogP contribution in [0, 0.1) is 6.92 Å². The number of benzene rings is 1. The minimum absolute atomic E-state index is 0.364. The monoisotopic (exact) mass is 319 g/mol. The topological polar surface area (TPSA) is 85.6 Å². The molecule has 2 aromatic rings. The highest BCUT2D eigenvalue weighted by Crippen LogP contribution is 2.32. The lowest BCUT2D eigenvalue weighted by Gasteiger charge is -2.27. The van der Waals surface area contributed by atoms with Crippen LogP contribution in [0.15, 0.2) is 28.8 Å². The molecule has 7 nitrogen and oxygen atoms in total. The van der Waals surface area contributed by atoms with Gasteiger partial charge in [0.15, 0.2) is 17.3 Å². The predicted octanol–water partition coefficient (Wildman–Crippen LogP) is 3.06. The number of methoxy groups -OCH3 is 2. The molecule has 0 atom stereocenters. The molecule has 1 heterocycles. The molecule has 7 heteroatoms. The fraction of sp³-hybridized carbons (Fsp3) is 0.375. The largest absolute Gasteiger partial charge is 0.493 e. The van der Waals surface area contributed by atoms with Gasteiger partial charge in [0.25, 0.3) is 0 Å². The van der Waals surface area contributed by atoms with E-state index < -0.39 is 5.54 Å². The molecule has 0 unspecified atom stereocenters. The second-order valence-electron chi connectivity index (χ2n) is 5.60. The van der Waals surface area contributed by atoms with Gasteiger partial charge in [0, 0.05) is 6.07 Å². The Bertz CT molecular complexity index is 694. The maximum absolute atomic E-state index is 12.1. The van der Waals surface area contributed by atoms with Crippen LogP contribution in [0.1, 0.15) is 25.2 Å². The van der Waals surface area contributed by atoms with Crippen LogP contribution < -0.4 is 20.1 Å². The number of hydrogen-bond donors (Lipinski definition) is 2. The molecule has 0 saturated heterocycles. The highest BCUT2D eigenvalue weighted by atomic mass is 16.5. The summed E-state index contributed by atoms with van der Waals surface area (Å²) in [5.41, 5.74) is 0.254. The summed E-state index contributed by atoms with van der Waals surface area (Å²) in [7, 11) is 3.15. The molecular weight excluding hydrogens is 298 g/mol. The van der Waals surface area contributed by atoms with Crippen LogP contribution in [0.25, 0.3) is 0 Å². The van der Waals surface area contributed by atoms with E-state index in [1.54, 1.807) is 33.3 Å². The van der Waals surface area contributed by atoms with Crippen molar-refractivity contribution in [2.45, 2.75) is 26.3 Å². The smallest absolute Gasteiger partial charge is 0.321 e. The van der Waals surface area contributed by atoms with E-state index in [0.717, 1.165) is 5.56 Å². The number of hydrogen-bond acceptors (Lipinski definition) is 5. The Labute approximate surface area is 134 Å². The Balaban J connectivity index is 2.12. The number of anilines is 1. The summed E-state index contributed by atoms with van der Waals surface area (Å²) in [5.74, 6) is 2.23. The summed E-state index contributed by atoms with van der Waals surface area (Å²) in [6.07, 6.45) is 0. The molecular formula is C16H21N3O4. The molecule has 2 amide bonds. The Hall–Kier alpha value is -2.70. The molecule has 2 rings (SSSR count). The summed E-state index contributed by atoms with van der Waals surface area (Å²) < 4.78 is 15.4. The Kier molecular flexibility index (Phi) is 4.78. The summed E-state index contributed by atoms with van der Waals surface area (Å²) in [5, 5.41) is 9.25. The average Bonchev–Trinajstić information content (AvgIpc) is 2.90.